The summed E-state index contributed by atoms with van der Waals surface area (Å²) in [5, 5.41) is 0.573. The van der Waals surface area contributed by atoms with E-state index in [1.54, 1.807) is 22.8 Å². The molecule has 0 atom stereocenters. The van der Waals surface area contributed by atoms with Gasteiger partial charge in [-0.05, 0) is 31.0 Å². The second-order valence-corrected chi connectivity index (χ2v) is 7.86. The third-order valence-corrected chi connectivity index (χ3v) is 6.21. The Labute approximate surface area is 166 Å². The fraction of sp³-hybridized carbons (Fsp3) is 0.400. The van der Waals surface area contributed by atoms with Gasteiger partial charge in [0.2, 0.25) is 0 Å². The molecular formula is C20H22N4O3S. The summed E-state index contributed by atoms with van der Waals surface area (Å²) in [7, 11) is 1.61. The maximum absolute atomic E-state index is 13.3. The van der Waals surface area contributed by atoms with Gasteiger partial charge in [0, 0.05) is 32.8 Å². The van der Waals surface area contributed by atoms with E-state index in [4.69, 9.17) is 4.74 Å². The zero-order chi connectivity index (χ0) is 19.7. The van der Waals surface area contributed by atoms with E-state index in [-0.39, 0.29) is 11.5 Å². The molecule has 0 saturated heterocycles. The summed E-state index contributed by atoms with van der Waals surface area (Å²) in [6, 6.07) is 5.64. The van der Waals surface area contributed by atoms with E-state index in [2.05, 4.69) is 9.97 Å². The van der Waals surface area contributed by atoms with Crippen molar-refractivity contribution in [3.63, 3.8) is 0 Å². The number of pyridine rings is 1. The van der Waals surface area contributed by atoms with Crippen molar-refractivity contribution in [2.45, 2.75) is 32.9 Å². The zero-order valence-corrected chi connectivity index (χ0v) is 16.8. The topological polar surface area (TPSA) is 77.3 Å². The van der Waals surface area contributed by atoms with Crippen LogP contribution in [0.15, 0.2) is 29.2 Å². The normalized spacial score (nSPS) is 13.1. The summed E-state index contributed by atoms with van der Waals surface area (Å²) in [6.45, 7) is 3.81. The first-order chi connectivity index (χ1) is 13.6. The number of ether oxygens (including phenoxy) is 1. The van der Waals surface area contributed by atoms with Gasteiger partial charge in [-0.1, -0.05) is 6.07 Å². The maximum atomic E-state index is 13.3. The summed E-state index contributed by atoms with van der Waals surface area (Å²) >= 11 is 1.31. The van der Waals surface area contributed by atoms with Crippen molar-refractivity contribution in [1.82, 2.24) is 19.4 Å². The highest BCUT2D eigenvalue weighted by molar-refractivity contribution is 7.20. The third kappa shape index (κ3) is 3.33. The first-order valence-corrected chi connectivity index (χ1v) is 10.1. The van der Waals surface area contributed by atoms with Crippen LogP contribution in [0.4, 0.5) is 0 Å². The molecule has 146 valence electrons. The Morgan fingerprint density at radius 3 is 3.00 bits per heavy atom. The summed E-state index contributed by atoms with van der Waals surface area (Å²) in [6.07, 6.45) is 3.47. The number of aryl methyl sites for hydroxylation is 2. The second kappa shape index (κ2) is 7.81. The Kier molecular flexibility index (Phi) is 5.23. The van der Waals surface area contributed by atoms with Gasteiger partial charge in [0.1, 0.15) is 10.7 Å². The molecule has 8 heteroatoms. The molecule has 3 aromatic heterocycles. The van der Waals surface area contributed by atoms with Gasteiger partial charge >= 0.3 is 0 Å². The number of methoxy groups -OCH3 is 1. The predicted octanol–water partition coefficient (Wildman–Crippen LogP) is 2.40. The van der Waals surface area contributed by atoms with Crippen LogP contribution >= 0.6 is 11.3 Å². The Morgan fingerprint density at radius 2 is 2.25 bits per heavy atom. The highest BCUT2D eigenvalue weighted by atomic mass is 32.1. The molecule has 1 amide bonds. The Balaban J connectivity index is 1.72. The van der Waals surface area contributed by atoms with Crippen molar-refractivity contribution in [2.75, 3.05) is 20.3 Å². The fourth-order valence-corrected chi connectivity index (χ4v) is 4.72. The second-order valence-electron chi connectivity index (χ2n) is 6.87. The number of thiophene rings is 1. The quantitative estimate of drug-likeness (QED) is 0.637. The minimum absolute atomic E-state index is 0.0292. The molecule has 4 heterocycles. The lowest BCUT2D eigenvalue weighted by Gasteiger charge is -2.21. The van der Waals surface area contributed by atoms with Crippen LogP contribution in [-0.4, -0.2) is 45.6 Å². The van der Waals surface area contributed by atoms with Gasteiger partial charge in [-0.2, -0.15) is 0 Å². The molecule has 0 aromatic carbocycles. The van der Waals surface area contributed by atoms with Crippen molar-refractivity contribution in [1.29, 1.82) is 0 Å². The van der Waals surface area contributed by atoms with E-state index in [9.17, 15) is 9.59 Å². The lowest BCUT2D eigenvalue weighted by molar-refractivity contribution is 0.0682. The number of aromatic nitrogens is 3. The highest BCUT2D eigenvalue weighted by Gasteiger charge is 2.26. The summed E-state index contributed by atoms with van der Waals surface area (Å²) < 4.78 is 6.92. The lowest BCUT2D eigenvalue weighted by Crippen LogP contribution is -2.33. The monoisotopic (exact) mass is 398 g/mol. The fourth-order valence-electron chi connectivity index (χ4n) is 3.56. The number of rotatable bonds is 6. The van der Waals surface area contributed by atoms with Crippen molar-refractivity contribution in [3.05, 3.63) is 56.7 Å². The average Bonchev–Trinajstić information content (AvgIpc) is 3.30. The predicted molar refractivity (Wildman–Crippen MR) is 108 cm³/mol. The van der Waals surface area contributed by atoms with E-state index in [1.165, 1.54) is 11.3 Å². The molecule has 0 fully saturated rings. The molecule has 0 spiro atoms. The van der Waals surface area contributed by atoms with Gasteiger partial charge < -0.3 is 9.64 Å². The number of hydrogen-bond acceptors (Lipinski definition) is 6. The van der Waals surface area contributed by atoms with Crippen molar-refractivity contribution >= 4 is 27.5 Å². The van der Waals surface area contributed by atoms with Crippen molar-refractivity contribution in [2.24, 2.45) is 0 Å². The molecular weight excluding hydrogens is 376 g/mol. The molecule has 28 heavy (non-hydrogen) atoms. The van der Waals surface area contributed by atoms with Gasteiger partial charge in [0.15, 0.2) is 0 Å². The zero-order valence-electron chi connectivity index (χ0n) is 16.0. The molecule has 1 aliphatic rings. The summed E-state index contributed by atoms with van der Waals surface area (Å²) in [5.41, 5.74) is 1.49. The van der Waals surface area contributed by atoms with E-state index in [0.29, 0.717) is 46.9 Å². The van der Waals surface area contributed by atoms with Gasteiger partial charge in [-0.3, -0.25) is 19.1 Å². The number of carbonyl (C=O) groups is 1. The van der Waals surface area contributed by atoms with Gasteiger partial charge in [-0.25, -0.2) is 4.98 Å². The smallest absolute Gasteiger partial charge is 0.264 e. The molecule has 1 aliphatic heterocycles. The molecule has 4 rings (SSSR count). The van der Waals surface area contributed by atoms with Gasteiger partial charge in [-0.15, -0.1) is 11.3 Å². The van der Waals surface area contributed by atoms with Gasteiger partial charge in [0.05, 0.1) is 29.1 Å². The SMILES string of the molecule is COCCN(Cc1ccccn1)C(=O)c1sc2nc3n(c(=O)c2c1C)CCC3. The summed E-state index contributed by atoms with van der Waals surface area (Å²) in [4.78, 5) is 38.1. The molecule has 0 radical (unpaired) electrons. The maximum Gasteiger partial charge on any atom is 0.264 e. The van der Waals surface area contributed by atoms with E-state index < -0.39 is 0 Å². The molecule has 3 aromatic rings. The van der Waals surface area contributed by atoms with Crippen LogP contribution < -0.4 is 5.56 Å². The standard InChI is InChI=1S/C20H22N4O3S/c1-13-16-18(22-15-7-5-9-24(15)19(16)25)28-17(13)20(26)23(10-11-27-2)12-14-6-3-4-8-21-14/h3-4,6,8H,5,7,9-12H2,1-2H3. The van der Waals surface area contributed by atoms with Crippen molar-refractivity contribution in [3.8, 4) is 0 Å². The van der Waals surface area contributed by atoms with Crippen LogP contribution in [0.25, 0.3) is 10.2 Å². The Morgan fingerprint density at radius 1 is 1.39 bits per heavy atom. The molecule has 0 N–H and O–H groups in total. The van der Waals surface area contributed by atoms with Crippen LogP contribution in [0.1, 0.15) is 33.2 Å². The number of fused-ring (bicyclic) bond motifs is 2. The number of nitrogens with zero attached hydrogens (tertiary/aromatic N) is 4. The molecule has 0 aliphatic carbocycles. The van der Waals surface area contributed by atoms with Crippen LogP contribution in [0.3, 0.4) is 0 Å². The first kappa shape index (κ1) is 18.8. The minimum Gasteiger partial charge on any atom is -0.383 e. The average molecular weight is 398 g/mol. The number of carbonyl (C=O) groups excluding carboxylic acids is 1. The lowest BCUT2D eigenvalue weighted by atomic mass is 10.2. The van der Waals surface area contributed by atoms with Crippen LogP contribution in [-0.2, 0) is 24.2 Å². The molecule has 0 unspecified atom stereocenters. The van der Waals surface area contributed by atoms with Crippen LogP contribution in [0, 0.1) is 6.92 Å². The largest absolute Gasteiger partial charge is 0.383 e. The first-order valence-electron chi connectivity index (χ1n) is 9.31. The number of amides is 1. The number of hydrogen-bond donors (Lipinski definition) is 0. The molecule has 0 saturated carbocycles. The Bertz CT molecular complexity index is 1070. The Hall–Kier alpha value is -2.58. The van der Waals surface area contributed by atoms with Crippen LogP contribution in [0.5, 0.6) is 0 Å². The summed E-state index contributed by atoms with van der Waals surface area (Å²) in [5.74, 6) is 0.704. The highest BCUT2D eigenvalue weighted by Crippen LogP contribution is 2.30. The minimum atomic E-state index is -0.118. The molecule has 7 nitrogen and oxygen atoms in total. The van der Waals surface area contributed by atoms with E-state index in [1.807, 2.05) is 25.1 Å². The van der Waals surface area contributed by atoms with Crippen molar-refractivity contribution < 1.29 is 9.53 Å². The van der Waals surface area contributed by atoms with E-state index in [0.717, 1.165) is 24.4 Å². The third-order valence-electron chi connectivity index (χ3n) is 5.04. The van der Waals surface area contributed by atoms with Gasteiger partial charge in [0.25, 0.3) is 11.5 Å². The molecule has 0 bridgehead atoms. The van der Waals surface area contributed by atoms with Crippen LogP contribution in [0.2, 0.25) is 0 Å². The van der Waals surface area contributed by atoms with E-state index >= 15 is 0 Å².